The number of nitrogens with one attached hydrogen (secondary N) is 2. The van der Waals surface area contributed by atoms with E-state index in [0.717, 1.165) is 28.9 Å². The zero-order chi connectivity index (χ0) is 22.7. The number of aromatic nitrogens is 2. The molecule has 3 N–H and O–H groups in total. The molecule has 1 aliphatic rings. The average Bonchev–Trinajstić information content (AvgIpc) is 3.15. The van der Waals surface area contributed by atoms with Crippen molar-refractivity contribution in [2.24, 2.45) is 0 Å². The fraction of sp³-hybridized carbons (Fsp3) is 0.304. The monoisotopic (exact) mass is 444 g/mol. The molecule has 0 bridgehead atoms. The zero-order valence-electron chi connectivity index (χ0n) is 17.4. The maximum absolute atomic E-state index is 12.9. The van der Waals surface area contributed by atoms with Crippen LogP contribution in [0.15, 0.2) is 48.5 Å². The van der Waals surface area contributed by atoms with Gasteiger partial charge >= 0.3 is 6.18 Å². The van der Waals surface area contributed by atoms with E-state index in [4.69, 9.17) is 4.74 Å². The van der Waals surface area contributed by atoms with Gasteiger partial charge in [0.15, 0.2) is 0 Å². The molecule has 2 aromatic carbocycles. The van der Waals surface area contributed by atoms with E-state index in [0.29, 0.717) is 49.0 Å². The van der Waals surface area contributed by atoms with Gasteiger partial charge in [0.05, 0.1) is 24.0 Å². The van der Waals surface area contributed by atoms with E-state index in [1.54, 1.807) is 13.2 Å². The van der Waals surface area contributed by atoms with Gasteiger partial charge in [-0.2, -0.15) is 18.2 Å². The number of rotatable bonds is 7. The number of hydrogen-bond donors (Lipinski definition) is 3. The first-order valence-electron chi connectivity index (χ1n) is 10.2. The highest BCUT2D eigenvalue weighted by Crippen LogP contribution is 2.33. The Bertz CT molecular complexity index is 1090. The number of benzene rings is 2. The summed E-state index contributed by atoms with van der Waals surface area (Å²) in [4.78, 5) is 8.95. The van der Waals surface area contributed by atoms with E-state index in [1.165, 1.54) is 12.1 Å². The minimum atomic E-state index is -4.40. The molecular weight excluding hydrogens is 421 g/mol. The quantitative estimate of drug-likeness (QED) is 0.468. The van der Waals surface area contributed by atoms with Crippen molar-refractivity contribution < 1.29 is 23.0 Å². The summed E-state index contributed by atoms with van der Waals surface area (Å²) in [6, 6.07) is 12.4. The molecule has 0 aliphatic heterocycles. The Hall–Kier alpha value is -3.17. The van der Waals surface area contributed by atoms with Crippen LogP contribution in [0, 0.1) is 0 Å². The molecule has 1 unspecified atom stereocenters. The lowest BCUT2D eigenvalue weighted by atomic mass is 10.1. The van der Waals surface area contributed by atoms with Gasteiger partial charge in [0, 0.05) is 37.4 Å². The number of hydrogen-bond acceptors (Lipinski definition) is 6. The van der Waals surface area contributed by atoms with E-state index in [9.17, 15) is 18.3 Å². The molecule has 1 aliphatic carbocycles. The standard InChI is InChI=1S/C23H23F3N4O2/c1-32-10-9-27-22-29-20(14-5-7-16(8-6-14)23(24,25)26)13-21(30-22)28-19-4-2-3-15-11-17(31)12-18(15)19/h2-8,13,17,31H,9-12H2,1H3,(H2,27,28,29,30). The van der Waals surface area contributed by atoms with Crippen LogP contribution in [0.3, 0.4) is 0 Å². The minimum absolute atomic E-state index is 0.328. The Balaban J connectivity index is 1.67. The number of aliphatic hydroxyl groups is 1. The first-order chi connectivity index (χ1) is 15.3. The highest BCUT2D eigenvalue weighted by Gasteiger charge is 2.30. The maximum atomic E-state index is 12.9. The Morgan fingerprint density at radius 2 is 1.88 bits per heavy atom. The van der Waals surface area contributed by atoms with E-state index in [-0.39, 0.29) is 0 Å². The van der Waals surface area contributed by atoms with Crippen LogP contribution in [-0.2, 0) is 23.8 Å². The van der Waals surface area contributed by atoms with Crippen molar-refractivity contribution >= 4 is 17.5 Å². The summed E-state index contributed by atoms with van der Waals surface area (Å²) in [7, 11) is 1.58. The predicted molar refractivity (Wildman–Crippen MR) is 116 cm³/mol. The molecule has 0 radical (unpaired) electrons. The molecule has 1 heterocycles. The molecule has 0 spiro atoms. The highest BCUT2D eigenvalue weighted by atomic mass is 19.4. The fourth-order valence-corrected chi connectivity index (χ4v) is 3.72. The van der Waals surface area contributed by atoms with Crippen LogP contribution in [0.4, 0.5) is 30.6 Å². The SMILES string of the molecule is COCCNc1nc(Nc2cccc3c2CC(O)C3)cc(-c2ccc(C(F)(F)F)cc2)n1. The number of aliphatic hydroxyl groups excluding tert-OH is 1. The molecule has 0 saturated heterocycles. The van der Waals surface area contributed by atoms with Gasteiger partial charge in [-0.15, -0.1) is 0 Å². The van der Waals surface area contributed by atoms with Crippen LogP contribution in [0.25, 0.3) is 11.3 Å². The predicted octanol–water partition coefficient (Wildman–Crippen LogP) is 4.42. The van der Waals surface area contributed by atoms with Crippen molar-refractivity contribution in [3.63, 3.8) is 0 Å². The van der Waals surface area contributed by atoms with E-state index < -0.39 is 17.8 Å². The maximum Gasteiger partial charge on any atom is 0.416 e. The molecule has 0 saturated carbocycles. The Kier molecular flexibility index (Phi) is 6.29. The first-order valence-corrected chi connectivity index (χ1v) is 10.2. The molecule has 3 aromatic rings. The normalized spacial score (nSPS) is 15.5. The number of nitrogens with zero attached hydrogens (tertiary/aromatic N) is 2. The third-order valence-corrected chi connectivity index (χ3v) is 5.25. The largest absolute Gasteiger partial charge is 0.416 e. The molecule has 168 valence electrons. The highest BCUT2D eigenvalue weighted by molar-refractivity contribution is 5.70. The summed E-state index contributed by atoms with van der Waals surface area (Å²) >= 11 is 0. The number of halogens is 3. The lowest BCUT2D eigenvalue weighted by Crippen LogP contribution is -2.11. The molecular formula is C23H23F3N4O2. The summed E-state index contributed by atoms with van der Waals surface area (Å²) in [6.07, 6.45) is -3.65. The second-order valence-corrected chi connectivity index (χ2v) is 7.59. The number of anilines is 3. The molecule has 9 heteroatoms. The van der Waals surface area contributed by atoms with Gasteiger partial charge in [0.2, 0.25) is 5.95 Å². The van der Waals surface area contributed by atoms with Crippen molar-refractivity contribution in [1.82, 2.24) is 9.97 Å². The third-order valence-electron chi connectivity index (χ3n) is 5.25. The summed E-state index contributed by atoms with van der Waals surface area (Å²) in [5.74, 6) is 0.819. The number of fused-ring (bicyclic) bond motifs is 1. The third kappa shape index (κ3) is 5.00. The number of ether oxygens (including phenoxy) is 1. The Morgan fingerprint density at radius 1 is 1.09 bits per heavy atom. The van der Waals surface area contributed by atoms with Gasteiger partial charge in [-0.3, -0.25) is 0 Å². The Morgan fingerprint density at radius 3 is 2.59 bits per heavy atom. The topological polar surface area (TPSA) is 79.3 Å². The summed E-state index contributed by atoms with van der Waals surface area (Å²) < 4.78 is 43.8. The molecule has 4 rings (SSSR count). The van der Waals surface area contributed by atoms with E-state index >= 15 is 0 Å². The average molecular weight is 444 g/mol. The minimum Gasteiger partial charge on any atom is -0.392 e. The molecule has 32 heavy (non-hydrogen) atoms. The summed E-state index contributed by atoms with van der Waals surface area (Å²) in [5.41, 5.74) is 3.24. The van der Waals surface area contributed by atoms with Gasteiger partial charge in [-0.1, -0.05) is 24.3 Å². The van der Waals surface area contributed by atoms with Crippen LogP contribution < -0.4 is 10.6 Å². The Labute approximate surface area is 183 Å². The number of methoxy groups -OCH3 is 1. The lowest BCUT2D eigenvalue weighted by molar-refractivity contribution is -0.137. The van der Waals surface area contributed by atoms with E-state index in [2.05, 4.69) is 20.6 Å². The summed E-state index contributed by atoms with van der Waals surface area (Å²) in [6.45, 7) is 0.917. The van der Waals surface area contributed by atoms with Gasteiger partial charge in [0.25, 0.3) is 0 Å². The molecule has 1 aromatic heterocycles. The van der Waals surface area contributed by atoms with Crippen molar-refractivity contribution in [1.29, 1.82) is 0 Å². The van der Waals surface area contributed by atoms with Gasteiger partial charge in [-0.05, 0) is 35.7 Å². The smallest absolute Gasteiger partial charge is 0.392 e. The molecule has 0 fully saturated rings. The first kappa shape index (κ1) is 22.0. The zero-order valence-corrected chi connectivity index (χ0v) is 17.4. The van der Waals surface area contributed by atoms with Crippen LogP contribution >= 0.6 is 0 Å². The van der Waals surface area contributed by atoms with Crippen molar-refractivity contribution in [3.05, 3.63) is 65.2 Å². The molecule has 6 nitrogen and oxygen atoms in total. The second kappa shape index (κ2) is 9.13. The van der Waals surface area contributed by atoms with Gasteiger partial charge in [0.1, 0.15) is 5.82 Å². The van der Waals surface area contributed by atoms with Gasteiger partial charge < -0.3 is 20.5 Å². The van der Waals surface area contributed by atoms with Crippen LogP contribution in [0.1, 0.15) is 16.7 Å². The van der Waals surface area contributed by atoms with Crippen LogP contribution in [0.2, 0.25) is 0 Å². The molecule has 1 atom stereocenters. The van der Waals surface area contributed by atoms with Gasteiger partial charge in [-0.25, -0.2) is 4.98 Å². The van der Waals surface area contributed by atoms with Crippen molar-refractivity contribution in [2.45, 2.75) is 25.1 Å². The van der Waals surface area contributed by atoms with Crippen molar-refractivity contribution in [2.75, 3.05) is 30.9 Å². The van der Waals surface area contributed by atoms with Crippen molar-refractivity contribution in [3.8, 4) is 11.3 Å². The van der Waals surface area contributed by atoms with Crippen LogP contribution in [-0.4, -0.2) is 41.4 Å². The summed E-state index contributed by atoms with van der Waals surface area (Å²) in [5, 5.41) is 16.4. The molecule has 0 amide bonds. The second-order valence-electron chi connectivity index (χ2n) is 7.59. The number of alkyl halides is 3. The van der Waals surface area contributed by atoms with E-state index in [1.807, 2.05) is 18.2 Å². The van der Waals surface area contributed by atoms with Crippen LogP contribution in [0.5, 0.6) is 0 Å². The fourth-order valence-electron chi connectivity index (χ4n) is 3.72. The lowest BCUT2D eigenvalue weighted by Gasteiger charge is -2.14.